The van der Waals surface area contributed by atoms with Gasteiger partial charge in [0.15, 0.2) is 0 Å². The first-order valence-corrected chi connectivity index (χ1v) is 12.0. The Morgan fingerprint density at radius 3 is 2.61 bits per heavy atom. The minimum absolute atomic E-state index is 0.0497. The van der Waals surface area contributed by atoms with Crippen LogP contribution < -0.4 is 0 Å². The molecule has 0 spiro atoms. The zero-order valence-corrected chi connectivity index (χ0v) is 20.9. The van der Waals surface area contributed by atoms with Crippen LogP contribution in [0.5, 0.6) is 0 Å². The Balaban J connectivity index is 3.04. The zero-order chi connectivity index (χ0) is 24.5. The number of cyclic esters (lactones) is 1. The standard InChI is InChI=1S/C29H42O4/c1-6-7-17-26-18-9-8-10-19-27(32-5)22-28(30)25(4)16-12-15-23(2)13-11-14-24(3)20-21-29(31)33-26/h7-14,16-17,19-21,23,25-28,30H,6,15,18,22H2,1-5H3/b9-8-,13-11-,16-12-,17-7+,19-10-,21-20-,24-14-/t23-,25-,26+,27-,28-/m1/s1. The van der Waals surface area contributed by atoms with Crippen LogP contribution in [-0.4, -0.2) is 36.5 Å². The van der Waals surface area contributed by atoms with Gasteiger partial charge in [-0.1, -0.05) is 93.2 Å². The molecule has 0 fully saturated rings. The summed E-state index contributed by atoms with van der Waals surface area (Å²) in [5, 5.41) is 10.6. The molecule has 0 unspecified atom stereocenters. The van der Waals surface area contributed by atoms with Crippen LogP contribution in [0.2, 0.25) is 0 Å². The molecular formula is C29H42O4. The Hall–Kier alpha value is -2.43. The first-order chi connectivity index (χ1) is 15.8. The molecule has 4 heteroatoms. The third kappa shape index (κ3) is 13.7. The van der Waals surface area contributed by atoms with Gasteiger partial charge >= 0.3 is 5.97 Å². The molecule has 0 radical (unpaired) electrons. The van der Waals surface area contributed by atoms with Crippen molar-refractivity contribution in [1.29, 1.82) is 0 Å². The van der Waals surface area contributed by atoms with Gasteiger partial charge in [0.1, 0.15) is 6.10 Å². The fourth-order valence-corrected chi connectivity index (χ4v) is 3.19. The highest BCUT2D eigenvalue weighted by molar-refractivity contribution is 5.82. The van der Waals surface area contributed by atoms with E-state index in [-0.39, 0.29) is 24.1 Å². The van der Waals surface area contributed by atoms with Gasteiger partial charge in [-0.15, -0.1) is 0 Å². The zero-order valence-electron chi connectivity index (χ0n) is 20.9. The second kappa shape index (κ2) is 17.1. The summed E-state index contributed by atoms with van der Waals surface area (Å²) >= 11 is 0. The smallest absolute Gasteiger partial charge is 0.331 e. The quantitative estimate of drug-likeness (QED) is 0.395. The van der Waals surface area contributed by atoms with Crippen LogP contribution in [-0.2, 0) is 14.3 Å². The Kier molecular flexibility index (Phi) is 14.8. The third-order valence-corrected chi connectivity index (χ3v) is 5.41. The van der Waals surface area contributed by atoms with Gasteiger partial charge in [-0.25, -0.2) is 4.79 Å². The van der Waals surface area contributed by atoms with Crippen molar-refractivity contribution >= 4 is 5.97 Å². The number of aliphatic hydroxyl groups is 1. The Bertz CT molecular complexity index is 766. The molecule has 0 aromatic heterocycles. The Labute approximate surface area is 200 Å². The van der Waals surface area contributed by atoms with E-state index in [4.69, 9.17) is 9.47 Å². The van der Waals surface area contributed by atoms with Crippen LogP contribution >= 0.6 is 0 Å². The van der Waals surface area contributed by atoms with Crippen LogP contribution in [0.3, 0.4) is 0 Å². The highest BCUT2D eigenvalue weighted by Gasteiger charge is 2.16. The number of rotatable bonds is 3. The molecule has 1 N–H and O–H groups in total. The lowest BCUT2D eigenvalue weighted by Gasteiger charge is -2.19. The molecule has 0 amide bonds. The van der Waals surface area contributed by atoms with E-state index in [0.29, 0.717) is 18.8 Å². The fraction of sp³-hybridized carbons (Fsp3) is 0.483. The molecule has 0 aromatic rings. The van der Waals surface area contributed by atoms with Crippen LogP contribution in [0.25, 0.3) is 0 Å². The molecule has 0 saturated heterocycles. The van der Waals surface area contributed by atoms with Gasteiger partial charge in [0.05, 0.1) is 12.2 Å². The van der Waals surface area contributed by atoms with Crippen molar-refractivity contribution in [3.63, 3.8) is 0 Å². The molecule has 182 valence electrons. The number of hydrogen-bond donors (Lipinski definition) is 1. The van der Waals surface area contributed by atoms with E-state index in [9.17, 15) is 9.90 Å². The predicted octanol–water partition coefficient (Wildman–Crippen LogP) is 6.42. The van der Waals surface area contributed by atoms with Crippen LogP contribution in [0.4, 0.5) is 0 Å². The summed E-state index contributed by atoms with van der Waals surface area (Å²) in [6.07, 6.45) is 27.2. The molecule has 0 bridgehead atoms. The van der Waals surface area contributed by atoms with Crippen molar-refractivity contribution in [2.75, 3.05) is 7.11 Å². The normalized spacial score (nSPS) is 35.3. The van der Waals surface area contributed by atoms with Crippen molar-refractivity contribution in [3.05, 3.63) is 84.6 Å². The predicted molar refractivity (Wildman–Crippen MR) is 138 cm³/mol. The van der Waals surface area contributed by atoms with Gasteiger partial charge < -0.3 is 14.6 Å². The van der Waals surface area contributed by atoms with Crippen LogP contribution in [0.1, 0.15) is 53.4 Å². The number of ether oxygens (including phenoxy) is 2. The lowest BCUT2D eigenvalue weighted by Crippen LogP contribution is -2.23. The molecule has 0 saturated carbocycles. The van der Waals surface area contributed by atoms with Crippen molar-refractivity contribution in [2.24, 2.45) is 11.8 Å². The van der Waals surface area contributed by atoms with E-state index < -0.39 is 6.10 Å². The summed E-state index contributed by atoms with van der Waals surface area (Å²) in [5.41, 5.74) is 0.975. The van der Waals surface area contributed by atoms with Gasteiger partial charge in [-0.05, 0) is 31.8 Å². The maximum absolute atomic E-state index is 12.3. The van der Waals surface area contributed by atoms with Gasteiger partial charge in [0.2, 0.25) is 0 Å². The number of hydrogen-bond acceptors (Lipinski definition) is 4. The van der Waals surface area contributed by atoms with Crippen molar-refractivity contribution in [2.45, 2.75) is 71.7 Å². The molecule has 1 rings (SSSR count). The molecule has 1 aliphatic heterocycles. The average Bonchev–Trinajstić information content (AvgIpc) is 2.79. The minimum Gasteiger partial charge on any atom is -0.455 e. The lowest BCUT2D eigenvalue weighted by molar-refractivity contribution is -0.140. The summed E-state index contributed by atoms with van der Waals surface area (Å²) in [4.78, 5) is 12.3. The second-order valence-corrected chi connectivity index (χ2v) is 8.57. The first-order valence-electron chi connectivity index (χ1n) is 12.0. The van der Waals surface area contributed by atoms with Crippen molar-refractivity contribution < 1.29 is 19.4 Å². The number of esters is 1. The number of carbonyl (C=O) groups is 1. The molecule has 5 atom stereocenters. The summed E-state index contributed by atoms with van der Waals surface area (Å²) in [6, 6.07) is 0. The Morgan fingerprint density at radius 2 is 1.88 bits per heavy atom. The largest absolute Gasteiger partial charge is 0.455 e. The molecule has 1 aliphatic rings. The molecular weight excluding hydrogens is 412 g/mol. The molecule has 33 heavy (non-hydrogen) atoms. The maximum atomic E-state index is 12.3. The molecule has 0 aromatic carbocycles. The number of aliphatic hydroxyl groups excluding tert-OH is 1. The van der Waals surface area contributed by atoms with E-state index in [1.54, 1.807) is 13.2 Å². The summed E-state index contributed by atoms with van der Waals surface area (Å²) < 4.78 is 11.1. The summed E-state index contributed by atoms with van der Waals surface area (Å²) in [7, 11) is 1.65. The van der Waals surface area contributed by atoms with E-state index in [1.807, 2.05) is 69.4 Å². The monoisotopic (exact) mass is 454 g/mol. The van der Waals surface area contributed by atoms with E-state index in [2.05, 4.69) is 25.2 Å². The molecule has 1 heterocycles. The highest BCUT2D eigenvalue weighted by Crippen LogP contribution is 2.15. The van der Waals surface area contributed by atoms with Gasteiger partial charge in [-0.3, -0.25) is 0 Å². The molecule has 4 nitrogen and oxygen atoms in total. The number of carbonyl (C=O) groups excluding carboxylic acids is 1. The van der Waals surface area contributed by atoms with Crippen molar-refractivity contribution in [3.8, 4) is 0 Å². The van der Waals surface area contributed by atoms with E-state index in [0.717, 1.165) is 18.4 Å². The van der Waals surface area contributed by atoms with Gasteiger partial charge in [0, 0.05) is 31.9 Å². The Morgan fingerprint density at radius 1 is 1.09 bits per heavy atom. The van der Waals surface area contributed by atoms with Crippen LogP contribution in [0, 0.1) is 11.8 Å². The number of methoxy groups -OCH3 is 1. The SMILES string of the molecule is CC/C=C/[C@H]1C/C=C\C=C/[C@@H](OC)C[C@@H](O)[C@H](C)/C=C\C[C@H](C)\C=C/C=C(C)\C=C/C(=O)O1. The molecule has 0 aliphatic carbocycles. The third-order valence-electron chi connectivity index (χ3n) is 5.41. The maximum Gasteiger partial charge on any atom is 0.331 e. The van der Waals surface area contributed by atoms with E-state index in [1.165, 1.54) is 6.08 Å². The fourth-order valence-electron chi connectivity index (χ4n) is 3.19. The van der Waals surface area contributed by atoms with Crippen LogP contribution in [0.15, 0.2) is 84.6 Å². The van der Waals surface area contributed by atoms with Gasteiger partial charge in [0.25, 0.3) is 0 Å². The van der Waals surface area contributed by atoms with E-state index >= 15 is 0 Å². The average molecular weight is 455 g/mol. The van der Waals surface area contributed by atoms with Gasteiger partial charge in [-0.2, -0.15) is 0 Å². The highest BCUT2D eigenvalue weighted by atomic mass is 16.5. The first kappa shape index (κ1) is 28.6. The summed E-state index contributed by atoms with van der Waals surface area (Å²) in [6.45, 7) is 8.18. The van der Waals surface area contributed by atoms with Crippen molar-refractivity contribution in [1.82, 2.24) is 0 Å². The summed E-state index contributed by atoms with van der Waals surface area (Å²) in [5.74, 6) is 0.0623. The minimum atomic E-state index is -0.483. The topological polar surface area (TPSA) is 55.8 Å². The lowest BCUT2D eigenvalue weighted by atomic mass is 9.97. The second-order valence-electron chi connectivity index (χ2n) is 8.57. The number of allylic oxidation sites excluding steroid dienone is 9.